The summed E-state index contributed by atoms with van der Waals surface area (Å²) in [5.74, 6) is 0. The molecule has 0 saturated heterocycles. The maximum absolute atomic E-state index is 2.46. The van der Waals surface area contributed by atoms with Crippen LogP contribution in [0.3, 0.4) is 0 Å². The Morgan fingerprint density at radius 3 is 2.19 bits per heavy atom. The fourth-order valence-corrected chi connectivity index (χ4v) is 7.71. The van der Waals surface area contributed by atoms with Crippen molar-refractivity contribution in [3.8, 4) is 33.4 Å². The first-order valence-corrected chi connectivity index (χ1v) is 13.4. The molecule has 8 rings (SSSR count). The van der Waals surface area contributed by atoms with Crippen LogP contribution in [-0.2, 0) is 5.41 Å². The molecule has 0 fully saturated rings. The quantitative estimate of drug-likeness (QED) is 0.227. The molecular formula is C35H24S. The Hall–Kier alpha value is -3.81. The largest absolute Gasteiger partial charge is 0.0888 e. The van der Waals surface area contributed by atoms with Crippen molar-refractivity contribution in [3.05, 3.63) is 120 Å². The maximum atomic E-state index is 2.46. The molecule has 36 heavy (non-hydrogen) atoms. The van der Waals surface area contributed by atoms with Crippen molar-refractivity contribution in [1.82, 2.24) is 0 Å². The third kappa shape index (κ3) is 2.61. The molecular weight excluding hydrogens is 452 g/mol. The molecule has 1 heterocycles. The molecule has 170 valence electrons. The molecule has 1 aliphatic heterocycles. The van der Waals surface area contributed by atoms with Gasteiger partial charge in [0.05, 0.1) is 0 Å². The Morgan fingerprint density at radius 2 is 1.28 bits per heavy atom. The number of rotatable bonds is 1. The van der Waals surface area contributed by atoms with Crippen molar-refractivity contribution in [2.75, 3.05) is 0 Å². The normalized spacial score (nSPS) is 14.5. The molecule has 0 spiro atoms. The van der Waals surface area contributed by atoms with Gasteiger partial charge in [0.25, 0.3) is 0 Å². The Kier molecular flexibility index (Phi) is 4.03. The molecule has 0 amide bonds. The van der Waals surface area contributed by atoms with E-state index in [4.69, 9.17) is 0 Å². The summed E-state index contributed by atoms with van der Waals surface area (Å²) in [4.78, 5) is 2.69. The van der Waals surface area contributed by atoms with Crippen LogP contribution in [0, 0.1) is 0 Å². The van der Waals surface area contributed by atoms with Gasteiger partial charge in [0, 0.05) is 26.2 Å². The van der Waals surface area contributed by atoms with Crippen LogP contribution in [0.15, 0.2) is 119 Å². The first-order valence-electron chi connectivity index (χ1n) is 12.6. The first kappa shape index (κ1) is 20.4. The second kappa shape index (κ2) is 7.12. The molecule has 6 aromatic rings. The Balaban J connectivity index is 1.38. The number of hydrogen-bond acceptors (Lipinski definition) is 1. The standard InChI is InChI=1S/C35H24S/c1-35(2)28-19-17-21-8-3-4-11-24(21)33(28)26-18-16-23(20-29(26)35)25-12-7-15-31-34(25)27-13-5-9-22-10-6-14-30(36-31)32(22)27/h3-20H,1-2H3. The van der Waals surface area contributed by atoms with Crippen LogP contribution in [0.4, 0.5) is 0 Å². The van der Waals surface area contributed by atoms with Gasteiger partial charge in [0.1, 0.15) is 0 Å². The minimum Gasteiger partial charge on any atom is -0.0888 e. The molecule has 0 radical (unpaired) electrons. The monoisotopic (exact) mass is 476 g/mol. The number of fused-ring (bicyclic) bond motifs is 7. The van der Waals surface area contributed by atoms with Gasteiger partial charge in [0.2, 0.25) is 0 Å². The zero-order chi connectivity index (χ0) is 24.0. The Morgan fingerprint density at radius 1 is 0.528 bits per heavy atom. The third-order valence-corrected chi connectivity index (χ3v) is 9.38. The van der Waals surface area contributed by atoms with Crippen molar-refractivity contribution in [2.24, 2.45) is 0 Å². The van der Waals surface area contributed by atoms with Crippen molar-refractivity contribution in [2.45, 2.75) is 29.1 Å². The minimum atomic E-state index is -0.0408. The first-order chi connectivity index (χ1) is 17.6. The summed E-state index contributed by atoms with van der Waals surface area (Å²) < 4.78 is 0. The molecule has 2 aliphatic rings. The lowest BCUT2D eigenvalue weighted by Gasteiger charge is -2.24. The molecule has 0 bridgehead atoms. The van der Waals surface area contributed by atoms with Gasteiger partial charge in [0.15, 0.2) is 0 Å². The minimum absolute atomic E-state index is 0.0408. The molecule has 0 unspecified atom stereocenters. The summed E-state index contributed by atoms with van der Waals surface area (Å²) in [5, 5.41) is 5.36. The summed E-state index contributed by atoms with van der Waals surface area (Å²) >= 11 is 1.90. The predicted molar refractivity (Wildman–Crippen MR) is 154 cm³/mol. The zero-order valence-electron chi connectivity index (χ0n) is 20.3. The van der Waals surface area contributed by atoms with E-state index < -0.39 is 0 Å². The molecule has 1 aliphatic carbocycles. The highest BCUT2D eigenvalue weighted by atomic mass is 32.2. The smallest absolute Gasteiger partial charge is 0.0207 e. The Labute approximate surface area is 215 Å². The fourth-order valence-electron chi connectivity index (χ4n) is 6.53. The highest BCUT2D eigenvalue weighted by Gasteiger charge is 2.36. The molecule has 0 N–H and O–H groups in total. The van der Waals surface area contributed by atoms with Gasteiger partial charge >= 0.3 is 0 Å². The van der Waals surface area contributed by atoms with Gasteiger partial charge in [-0.2, -0.15) is 0 Å². The van der Waals surface area contributed by atoms with Crippen LogP contribution in [0.2, 0.25) is 0 Å². The predicted octanol–water partition coefficient (Wildman–Crippen LogP) is 10.1. The van der Waals surface area contributed by atoms with Gasteiger partial charge < -0.3 is 0 Å². The summed E-state index contributed by atoms with van der Waals surface area (Å²) in [6.07, 6.45) is 0. The molecule has 1 heteroatoms. The third-order valence-electron chi connectivity index (χ3n) is 8.26. The summed E-state index contributed by atoms with van der Waals surface area (Å²) in [7, 11) is 0. The highest BCUT2D eigenvalue weighted by molar-refractivity contribution is 7.99. The van der Waals surface area contributed by atoms with E-state index >= 15 is 0 Å². The van der Waals surface area contributed by atoms with Crippen molar-refractivity contribution < 1.29 is 0 Å². The van der Waals surface area contributed by atoms with Gasteiger partial charge in [-0.25, -0.2) is 0 Å². The summed E-state index contributed by atoms with van der Waals surface area (Å²) in [5.41, 5.74) is 10.9. The molecule has 0 aromatic heterocycles. The Bertz CT molecular complexity index is 1880. The highest BCUT2D eigenvalue weighted by Crippen LogP contribution is 2.54. The van der Waals surface area contributed by atoms with Crippen LogP contribution in [0.1, 0.15) is 25.0 Å². The van der Waals surface area contributed by atoms with Gasteiger partial charge in [-0.3, -0.25) is 0 Å². The van der Waals surface area contributed by atoms with E-state index in [1.54, 1.807) is 0 Å². The lowest BCUT2D eigenvalue weighted by Crippen LogP contribution is -2.15. The maximum Gasteiger partial charge on any atom is 0.0207 e. The lowest BCUT2D eigenvalue weighted by molar-refractivity contribution is 0.661. The molecule has 6 aromatic carbocycles. The van der Waals surface area contributed by atoms with Crippen LogP contribution in [0.5, 0.6) is 0 Å². The van der Waals surface area contributed by atoms with E-state index in [9.17, 15) is 0 Å². The van der Waals surface area contributed by atoms with E-state index in [1.807, 2.05) is 11.8 Å². The summed E-state index contributed by atoms with van der Waals surface area (Å²) in [6.45, 7) is 4.76. The van der Waals surface area contributed by atoms with Crippen LogP contribution in [0.25, 0.3) is 54.9 Å². The van der Waals surface area contributed by atoms with Crippen molar-refractivity contribution in [1.29, 1.82) is 0 Å². The van der Waals surface area contributed by atoms with E-state index in [2.05, 4.69) is 123 Å². The zero-order valence-corrected chi connectivity index (χ0v) is 21.1. The second-order valence-electron chi connectivity index (χ2n) is 10.5. The van der Waals surface area contributed by atoms with Crippen molar-refractivity contribution >= 4 is 33.3 Å². The fraction of sp³-hybridized carbons (Fsp3) is 0.0857. The number of hydrogen-bond donors (Lipinski definition) is 0. The average molecular weight is 477 g/mol. The van der Waals surface area contributed by atoms with Gasteiger partial charge in [-0.1, -0.05) is 117 Å². The summed E-state index contributed by atoms with van der Waals surface area (Å²) in [6, 6.07) is 40.8. The average Bonchev–Trinajstić information content (AvgIpc) is 3.15. The van der Waals surface area contributed by atoms with Crippen LogP contribution in [-0.4, -0.2) is 0 Å². The van der Waals surface area contributed by atoms with E-state index in [0.29, 0.717) is 0 Å². The van der Waals surface area contributed by atoms with Crippen LogP contribution < -0.4 is 0 Å². The van der Waals surface area contributed by atoms with Crippen molar-refractivity contribution in [3.63, 3.8) is 0 Å². The molecule has 0 atom stereocenters. The van der Waals surface area contributed by atoms with E-state index in [-0.39, 0.29) is 5.41 Å². The van der Waals surface area contributed by atoms with E-state index in [1.165, 1.54) is 75.8 Å². The van der Waals surface area contributed by atoms with E-state index in [0.717, 1.165) is 0 Å². The van der Waals surface area contributed by atoms with Crippen LogP contribution >= 0.6 is 11.8 Å². The second-order valence-corrected chi connectivity index (χ2v) is 11.6. The SMILES string of the molecule is CC1(C)c2cc(-c3cccc4c3-c3cccc5cccc(c35)S4)ccc2-c2c1ccc1ccccc21. The lowest BCUT2D eigenvalue weighted by atomic mass is 9.81. The van der Waals surface area contributed by atoms with Gasteiger partial charge in [-0.15, -0.1) is 0 Å². The topological polar surface area (TPSA) is 0 Å². The molecule has 0 nitrogen and oxygen atoms in total. The number of benzene rings is 6. The van der Waals surface area contributed by atoms with Gasteiger partial charge in [-0.05, 0) is 73.3 Å². The molecule has 0 saturated carbocycles.